The Bertz CT molecular complexity index is 1160. The summed E-state index contributed by atoms with van der Waals surface area (Å²) >= 11 is 0. The Balaban J connectivity index is 1.23. The van der Waals surface area contributed by atoms with Crippen LogP contribution in [-0.4, -0.2) is 94.6 Å². The number of phenolic OH excluding ortho intramolecular Hbond substituents is 1. The van der Waals surface area contributed by atoms with E-state index in [9.17, 15) is 9.90 Å². The molecular weight excluding hydrogens is 482 g/mol. The number of para-hydroxylation sites is 1. The number of aromatic nitrogens is 2. The van der Waals surface area contributed by atoms with Gasteiger partial charge in [-0.15, -0.1) is 10.2 Å². The maximum Gasteiger partial charge on any atom is 0.410 e. The molecule has 0 radical (unpaired) electrons. The number of benzene rings is 1. The molecule has 0 spiro atoms. The molecule has 1 unspecified atom stereocenters. The largest absolute Gasteiger partial charge is 0.507 e. The summed E-state index contributed by atoms with van der Waals surface area (Å²) in [5.74, 6) is -2.98. The average Bonchev–Trinajstić information content (AvgIpc) is 2.84. The first-order chi connectivity index (χ1) is 17.5. The summed E-state index contributed by atoms with van der Waals surface area (Å²) in [5.41, 5.74) is 1.38. The van der Waals surface area contributed by atoms with Crippen LogP contribution in [0.4, 0.5) is 25.1 Å². The van der Waals surface area contributed by atoms with Crippen LogP contribution in [0.1, 0.15) is 27.2 Å². The number of aromatic hydroxyl groups is 1. The Morgan fingerprint density at radius 2 is 2.00 bits per heavy atom. The zero-order valence-electron chi connectivity index (χ0n) is 21.5. The number of alkyl halides is 2. The summed E-state index contributed by atoms with van der Waals surface area (Å²) in [5, 5.41) is 22.2. The first-order valence-electron chi connectivity index (χ1n) is 12.7. The molecule has 2 atom stereocenters. The van der Waals surface area contributed by atoms with Gasteiger partial charge >= 0.3 is 6.09 Å². The molecule has 1 amide bonds. The number of fused-ring (bicyclic) bond motifs is 3. The number of hydrogen-bond donors (Lipinski definition) is 2. The van der Waals surface area contributed by atoms with Gasteiger partial charge in [-0.1, -0.05) is 12.1 Å². The number of halogens is 2. The molecular formula is C26H34F2N6O3. The number of carbonyl (C=O) groups is 1. The highest BCUT2D eigenvalue weighted by Gasteiger charge is 2.47. The first-order valence-corrected chi connectivity index (χ1v) is 12.7. The van der Waals surface area contributed by atoms with Crippen LogP contribution in [0.25, 0.3) is 11.3 Å². The van der Waals surface area contributed by atoms with Gasteiger partial charge in [0.25, 0.3) is 5.92 Å². The summed E-state index contributed by atoms with van der Waals surface area (Å²) in [6.07, 6.45) is -0.449. The van der Waals surface area contributed by atoms with Crippen LogP contribution in [0.3, 0.4) is 0 Å². The number of nitrogens with one attached hydrogen (secondary N) is 1. The van der Waals surface area contributed by atoms with Crippen molar-refractivity contribution in [1.29, 1.82) is 0 Å². The van der Waals surface area contributed by atoms with Crippen molar-refractivity contribution in [3.8, 4) is 17.0 Å². The molecule has 200 valence electrons. The minimum absolute atomic E-state index is 0.0955. The Morgan fingerprint density at radius 3 is 2.73 bits per heavy atom. The Labute approximate surface area is 215 Å². The van der Waals surface area contributed by atoms with E-state index in [1.807, 2.05) is 12.1 Å². The molecule has 1 aromatic heterocycles. The van der Waals surface area contributed by atoms with Crippen LogP contribution < -0.4 is 10.2 Å². The van der Waals surface area contributed by atoms with Crippen LogP contribution >= 0.6 is 0 Å². The van der Waals surface area contributed by atoms with Gasteiger partial charge in [-0.2, -0.15) is 0 Å². The predicted molar refractivity (Wildman–Crippen MR) is 136 cm³/mol. The molecule has 2 fully saturated rings. The monoisotopic (exact) mass is 516 g/mol. The molecule has 2 aromatic rings. The summed E-state index contributed by atoms with van der Waals surface area (Å²) in [7, 11) is 0. The Hall–Kier alpha value is -3.21. The van der Waals surface area contributed by atoms with E-state index in [1.165, 1.54) is 0 Å². The topological polar surface area (TPSA) is 94.1 Å². The van der Waals surface area contributed by atoms with E-state index in [-0.39, 0.29) is 31.3 Å². The number of piperidine rings is 1. The maximum atomic E-state index is 15.1. The van der Waals surface area contributed by atoms with Crippen molar-refractivity contribution < 1.29 is 23.4 Å². The molecule has 2 saturated heterocycles. The van der Waals surface area contributed by atoms with Crippen molar-refractivity contribution in [3.05, 3.63) is 30.3 Å². The van der Waals surface area contributed by atoms with E-state index in [0.717, 1.165) is 10.6 Å². The van der Waals surface area contributed by atoms with E-state index >= 15 is 8.78 Å². The number of carbonyl (C=O) groups excluding carboxylic acids is 1. The second kappa shape index (κ2) is 9.59. The molecule has 0 aliphatic carbocycles. The van der Waals surface area contributed by atoms with Gasteiger partial charge < -0.3 is 25.0 Å². The number of ether oxygens (including phenoxy) is 1. The number of rotatable bonds is 3. The quantitative estimate of drug-likeness (QED) is 0.639. The lowest BCUT2D eigenvalue weighted by Gasteiger charge is -2.47. The third kappa shape index (κ3) is 5.41. The fourth-order valence-electron chi connectivity index (χ4n) is 5.34. The van der Waals surface area contributed by atoms with E-state index < -0.39 is 30.1 Å². The van der Waals surface area contributed by atoms with Gasteiger partial charge in [-0.25, -0.2) is 13.6 Å². The third-order valence-electron chi connectivity index (χ3n) is 7.21. The number of amides is 1. The van der Waals surface area contributed by atoms with E-state index in [0.29, 0.717) is 43.3 Å². The van der Waals surface area contributed by atoms with Gasteiger partial charge in [0.1, 0.15) is 11.4 Å². The highest BCUT2D eigenvalue weighted by molar-refractivity contribution is 5.76. The van der Waals surface area contributed by atoms with Crippen molar-refractivity contribution in [2.45, 2.75) is 44.8 Å². The molecule has 0 saturated carbocycles. The smallest absolute Gasteiger partial charge is 0.410 e. The summed E-state index contributed by atoms with van der Waals surface area (Å²) in [6, 6.07) is 9.02. The molecule has 37 heavy (non-hydrogen) atoms. The minimum atomic E-state index is -2.98. The number of phenols is 1. The van der Waals surface area contributed by atoms with Gasteiger partial charge in [0.05, 0.1) is 24.0 Å². The fourth-order valence-corrected chi connectivity index (χ4v) is 5.34. The van der Waals surface area contributed by atoms with E-state index in [1.54, 1.807) is 39.0 Å². The number of piperazine rings is 1. The van der Waals surface area contributed by atoms with Gasteiger partial charge in [0, 0.05) is 50.7 Å². The van der Waals surface area contributed by atoms with Crippen LogP contribution in [0.5, 0.6) is 5.75 Å². The van der Waals surface area contributed by atoms with Crippen LogP contribution in [-0.2, 0) is 4.74 Å². The minimum Gasteiger partial charge on any atom is -0.507 e. The van der Waals surface area contributed by atoms with Crippen LogP contribution in [0, 0.1) is 5.92 Å². The second-order valence-corrected chi connectivity index (χ2v) is 11.1. The van der Waals surface area contributed by atoms with E-state index in [4.69, 9.17) is 4.74 Å². The lowest BCUT2D eigenvalue weighted by molar-refractivity contribution is -0.117. The van der Waals surface area contributed by atoms with Crippen molar-refractivity contribution in [2.24, 2.45) is 5.92 Å². The summed E-state index contributed by atoms with van der Waals surface area (Å²) < 4.78 is 35.5. The highest BCUT2D eigenvalue weighted by atomic mass is 19.3. The maximum absolute atomic E-state index is 15.1. The molecule has 2 N–H and O–H groups in total. The van der Waals surface area contributed by atoms with Gasteiger partial charge in [-0.3, -0.25) is 4.90 Å². The van der Waals surface area contributed by atoms with Crippen molar-refractivity contribution in [2.75, 3.05) is 56.0 Å². The molecule has 4 heterocycles. The van der Waals surface area contributed by atoms with Crippen molar-refractivity contribution in [1.82, 2.24) is 20.0 Å². The number of likely N-dealkylation sites (tertiary alicyclic amines) is 1. The Kier molecular flexibility index (Phi) is 6.59. The van der Waals surface area contributed by atoms with Crippen LogP contribution in [0.15, 0.2) is 30.3 Å². The standard InChI is InChI=1S/C26H34F2N6O3/c1-25(2,3)37-24(36)33-9-8-17(26(27,28)16-33)14-32-10-11-34-18(15-32)13-29-23-21(34)12-20(30-31-23)19-6-4-5-7-22(19)35/h4-7,12,17-18,35H,8-11,13-16H2,1-3H3,(H,29,31)/t17?,18-/m0/s1. The highest BCUT2D eigenvalue weighted by Crippen LogP contribution is 2.38. The normalized spacial score (nSPS) is 23.6. The van der Waals surface area contributed by atoms with Crippen molar-refractivity contribution in [3.63, 3.8) is 0 Å². The lowest BCUT2D eigenvalue weighted by Crippen LogP contribution is -2.60. The van der Waals surface area contributed by atoms with Gasteiger partial charge in [0.15, 0.2) is 5.82 Å². The SMILES string of the molecule is CC(C)(C)OC(=O)N1CCC(CN2CCN3c4cc(-c5ccccc5O)nnc4NC[C@H]3C2)C(F)(F)C1. The van der Waals surface area contributed by atoms with Gasteiger partial charge in [0.2, 0.25) is 0 Å². The average molecular weight is 517 g/mol. The third-order valence-corrected chi connectivity index (χ3v) is 7.21. The van der Waals surface area contributed by atoms with Crippen molar-refractivity contribution >= 4 is 17.6 Å². The molecule has 3 aliphatic heterocycles. The van der Waals surface area contributed by atoms with Gasteiger partial charge in [-0.05, 0) is 45.4 Å². The number of anilines is 2. The zero-order chi connectivity index (χ0) is 26.4. The number of nitrogens with zero attached hydrogens (tertiary/aromatic N) is 5. The molecule has 3 aliphatic rings. The summed E-state index contributed by atoms with van der Waals surface area (Å²) in [6.45, 7) is 7.72. The molecule has 9 nitrogen and oxygen atoms in total. The number of hydrogen-bond acceptors (Lipinski definition) is 8. The summed E-state index contributed by atoms with van der Waals surface area (Å²) in [4.78, 5) is 17.8. The molecule has 0 bridgehead atoms. The fraction of sp³-hybridized carbons (Fsp3) is 0.577. The van der Waals surface area contributed by atoms with E-state index in [2.05, 4.69) is 25.3 Å². The molecule has 5 rings (SSSR count). The second-order valence-electron chi connectivity index (χ2n) is 11.1. The van der Waals surface area contributed by atoms with Crippen LogP contribution in [0.2, 0.25) is 0 Å². The lowest BCUT2D eigenvalue weighted by atomic mass is 9.91. The molecule has 11 heteroatoms. The Morgan fingerprint density at radius 1 is 1.22 bits per heavy atom. The zero-order valence-corrected chi connectivity index (χ0v) is 21.5. The first kappa shape index (κ1) is 25.4. The predicted octanol–water partition coefficient (Wildman–Crippen LogP) is 3.66. The molecule has 1 aromatic carbocycles.